The van der Waals surface area contributed by atoms with E-state index in [0.29, 0.717) is 26.1 Å². The van der Waals surface area contributed by atoms with Crippen molar-refractivity contribution in [3.05, 3.63) is 24.3 Å². The molecule has 3 amide bonds. The largest absolute Gasteiger partial charge is 0.573 e. The van der Waals surface area contributed by atoms with Gasteiger partial charge in [0.1, 0.15) is 6.10 Å². The van der Waals surface area contributed by atoms with E-state index in [-0.39, 0.29) is 24.7 Å². The first-order chi connectivity index (χ1) is 12.8. The maximum absolute atomic E-state index is 12.5. The number of halogens is 3. The Kier molecular flexibility index (Phi) is 5.73. The van der Waals surface area contributed by atoms with Gasteiger partial charge in [-0.25, -0.2) is 4.79 Å². The number of ether oxygens (including phenoxy) is 2. The molecule has 1 atom stereocenters. The molecule has 2 fully saturated rings. The second-order valence-corrected chi connectivity index (χ2v) is 6.29. The van der Waals surface area contributed by atoms with Gasteiger partial charge in [-0.3, -0.25) is 4.79 Å². The van der Waals surface area contributed by atoms with Gasteiger partial charge in [0.05, 0.1) is 5.69 Å². The molecule has 1 aromatic rings. The van der Waals surface area contributed by atoms with E-state index in [1.54, 1.807) is 4.90 Å². The summed E-state index contributed by atoms with van der Waals surface area (Å²) in [6.45, 7) is 1.86. The van der Waals surface area contributed by atoms with Gasteiger partial charge in [-0.1, -0.05) is 12.1 Å². The summed E-state index contributed by atoms with van der Waals surface area (Å²) in [6.07, 6.45) is -3.69. The Balaban J connectivity index is 1.55. The van der Waals surface area contributed by atoms with Crippen molar-refractivity contribution in [1.82, 2.24) is 9.80 Å². The van der Waals surface area contributed by atoms with Crippen molar-refractivity contribution >= 4 is 17.6 Å². The predicted molar refractivity (Wildman–Crippen MR) is 89.3 cm³/mol. The number of benzene rings is 1. The number of hydrogen-bond donors (Lipinski definition) is 1. The normalized spacial score (nSPS) is 20.5. The van der Waals surface area contributed by atoms with Crippen molar-refractivity contribution in [1.29, 1.82) is 0 Å². The van der Waals surface area contributed by atoms with Crippen LogP contribution >= 0.6 is 0 Å². The lowest BCUT2D eigenvalue weighted by Gasteiger charge is -2.35. The van der Waals surface area contributed by atoms with Gasteiger partial charge in [0, 0.05) is 32.8 Å². The number of anilines is 1. The van der Waals surface area contributed by atoms with Crippen LogP contribution in [-0.4, -0.2) is 67.0 Å². The SMILES string of the molecule is O=C(Nc1ccccc1OC(F)(F)F)N1CCN(C(=O)C2CCCO2)CC1. The summed E-state index contributed by atoms with van der Waals surface area (Å²) < 4.78 is 46.7. The molecule has 2 heterocycles. The molecule has 27 heavy (non-hydrogen) atoms. The van der Waals surface area contributed by atoms with E-state index in [1.807, 2.05) is 0 Å². The first-order valence-electron chi connectivity index (χ1n) is 8.64. The Morgan fingerprint density at radius 1 is 1.11 bits per heavy atom. The molecular weight excluding hydrogens is 367 g/mol. The highest BCUT2D eigenvalue weighted by atomic mass is 19.4. The van der Waals surface area contributed by atoms with Crippen LogP contribution in [0.2, 0.25) is 0 Å². The van der Waals surface area contributed by atoms with Gasteiger partial charge >= 0.3 is 12.4 Å². The first kappa shape index (κ1) is 19.3. The molecule has 2 aliphatic rings. The van der Waals surface area contributed by atoms with Crippen LogP contribution in [0.15, 0.2) is 24.3 Å². The van der Waals surface area contributed by atoms with Gasteiger partial charge in [0.2, 0.25) is 0 Å². The first-order valence-corrected chi connectivity index (χ1v) is 8.64. The zero-order valence-electron chi connectivity index (χ0n) is 14.5. The maximum atomic E-state index is 12.5. The van der Waals surface area contributed by atoms with Crippen LogP contribution in [0.1, 0.15) is 12.8 Å². The lowest BCUT2D eigenvalue weighted by atomic mass is 10.2. The zero-order chi connectivity index (χ0) is 19.4. The highest BCUT2D eigenvalue weighted by Crippen LogP contribution is 2.30. The summed E-state index contributed by atoms with van der Waals surface area (Å²) in [5.74, 6) is -0.554. The summed E-state index contributed by atoms with van der Waals surface area (Å²) in [5.41, 5.74) is -0.0716. The Morgan fingerprint density at radius 3 is 2.41 bits per heavy atom. The minimum atomic E-state index is -4.85. The fourth-order valence-electron chi connectivity index (χ4n) is 3.08. The molecule has 1 aromatic carbocycles. The minimum absolute atomic E-state index is 0.0716. The molecule has 2 aliphatic heterocycles. The molecule has 148 valence electrons. The number of nitrogens with one attached hydrogen (secondary N) is 1. The molecule has 0 bridgehead atoms. The smallest absolute Gasteiger partial charge is 0.404 e. The molecule has 7 nitrogen and oxygen atoms in total. The number of urea groups is 1. The molecule has 0 radical (unpaired) electrons. The highest BCUT2D eigenvalue weighted by Gasteiger charge is 2.33. The lowest BCUT2D eigenvalue weighted by Crippen LogP contribution is -2.53. The average Bonchev–Trinajstić information content (AvgIpc) is 3.16. The van der Waals surface area contributed by atoms with E-state index in [1.165, 1.54) is 23.1 Å². The van der Waals surface area contributed by atoms with E-state index in [0.717, 1.165) is 12.5 Å². The van der Waals surface area contributed by atoms with Crippen LogP contribution in [-0.2, 0) is 9.53 Å². The standard InChI is InChI=1S/C17H20F3N3O4/c18-17(19,20)27-13-5-2-1-4-12(13)21-16(25)23-9-7-22(8-10-23)15(24)14-6-3-11-26-14/h1-2,4-5,14H,3,6-11H2,(H,21,25). The number of carbonyl (C=O) groups excluding carboxylic acids is 2. The van der Waals surface area contributed by atoms with Crippen molar-refractivity contribution < 1.29 is 32.2 Å². The Hall–Kier alpha value is -2.49. The summed E-state index contributed by atoms with van der Waals surface area (Å²) in [4.78, 5) is 27.8. The maximum Gasteiger partial charge on any atom is 0.573 e. The molecule has 0 aliphatic carbocycles. The Bertz CT molecular complexity index is 684. The van der Waals surface area contributed by atoms with Crippen molar-refractivity contribution in [2.45, 2.75) is 25.3 Å². The summed E-state index contributed by atoms with van der Waals surface area (Å²) in [6, 6.07) is 4.79. The minimum Gasteiger partial charge on any atom is -0.404 e. The summed E-state index contributed by atoms with van der Waals surface area (Å²) >= 11 is 0. The van der Waals surface area contributed by atoms with Crippen molar-refractivity contribution in [3.8, 4) is 5.75 Å². The van der Waals surface area contributed by atoms with Gasteiger partial charge < -0.3 is 24.6 Å². The van der Waals surface area contributed by atoms with Gasteiger partial charge in [-0.15, -0.1) is 13.2 Å². The summed E-state index contributed by atoms with van der Waals surface area (Å²) in [7, 11) is 0. The molecule has 0 aromatic heterocycles. The van der Waals surface area contributed by atoms with Gasteiger partial charge in [0.15, 0.2) is 5.75 Å². The number of amides is 3. The zero-order valence-corrected chi connectivity index (χ0v) is 14.5. The van der Waals surface area contributed by atoms with Gasteiger partial charge in [-0.05, 0) is 25.0 Å². The number of para-hydroxylation sites is 2. The second-order valence-electron chi connectivity index (χ2n) is 6.29. The van der Waals surface area contributed by atoms with E-state index < -0.39 is 24.2 Å². The highest BCUT2D eigenvalue weighted by molar-refractivity contribution is 5.91. The van der Waals surface area contributed by atoms with Crippen LogP contribution in [0.3, 0.4) is 0 Å². The van der Waals surface area contributed by atoms with Crippen LogP contribution < -0.4 is 10.1 Å². The van der Waals surface area contributed by atoms with Crippen molar-refractivity contribution in [2.75, 3.05) is 38.1 Å². The molecule has 10 heteroatoms. The number of piperazine rings is 1. The van der Waals surface area contributed by atoms with Crippen LogP contribution in [0.4, 0.5) is 23.7 Å². The number of hydrogen-bond acceptors (Lipinski definition) is 4. The van der Waals surface area contributed by atoms with Crippen LogP contribution in [0.5, 0.6) is 5.75 Å². The van der Waals surface area contributed by atoms with Crippen LogP contribution in [0, 0.1) is 0 Å². The monoisotopic (exact) mass is 387 g/mol. The quantitative estimate of drug-likeness (QED) is 0.865. The van der Waals surface area contributed by atoms with E-state index >= 15 is 0 Å². The third kappa shape index (κ3) is 5.03. The fourth-order valence-corrected chi connectivity index (χ4v) is 3.08. The number of carbonyl (C=O) groups is 2. The Labute approximate surface area is 154 Å². The number of rotatable bonds is 3. The lowest BCUT2D eigenvalue weighted by molar-refractivity contribution is -0.274. The third-order valence-electron chi connectivity index (χ3n) is 4.44. The fraction of sp³-hybridized carbons (Fsp3) is 0.529. The van der Waals surface area contributed by atoms with Crippen LogP contribution in [0.25, 0.3) is 0 Å². The van der Waals surface area contributed by atoms with Crippen molar-refractivity contribution in [2.24, 2.45) is 0 Å². The number of nitrogens with zero attached hydrogens (tertiary/aromatic N) is 2. The molecule has 2 saturated heterocycles. The third-order valence-corrected chi connectivity index (χ3v) is 4.44. The molecule has 1 unspecified atom stereocenters. The molecule has 3 rings (SSSR count). The predicted octanol–water partition coefficient (Wildman–Crippen LogP) is 2.44. The van der Waals surface area contributed by atoms with Crippen molar-refractivity contribution in [3.63, 3.8) is 0 Å². The Morgan fingerprint density at radius 2 is 1.78 bits per heavy atom. The van der Waals surface area contributed by atoms with E-state index in [4.69, 9.17) is 4.74 Å². The number of alkyl halides is 3. The molecule has 0 spiro atoms. The second kappa shape index (κ2) is 8.03. The van der Waals surface area contributed by atoms with Gasteiger partial charge in [0.25, 0.3) is 5.91 Å². The molecular formula is C17H20F3N3O4. The molecule has 0 saturated carbocycles. The summed E-state index contributed by atoms with van der Waals surface area (Å²) in [5, 5.41) is 2.44. The van der Waals surface area contributed by atoms with E-state index in [2.05, 4.69) is 10.1 Å². The topological polar surface area (TPSA) is 71.1 Å². The van der Waals surface area contributed by atoms with Gasteiger partial charge in [-0.2, -0.15) is 0 Å². The average molecular weight is 387 g/mol. The van der Waals surface area contributed by atoms with E-state index in [9.17, 15) is 22.8 Å². The molecule has 1 N–H and O–H groups in total.